The average Bonchev–Trinajstić information content (AvgIpc) is 3.09. The number of hydrogen-bond donors (Lipinski definition) is 1. The number of aryl methyl sites for hydroxylation is 1. The lowest BCUT2D eigenvalue weighted by Gasteiger charge is -2.09. The minimum atomic E-state index is -0.519. The van der Waals surface area contributed by atoms with Crippen LogP contribution in [0, 0.1) is 29.9 Å². The molecule has 18 heavy (non-hydrogen) atoms. The van der Waals surface area contributed by atoms with Crippen LogP contribution in [0.15, 0.2) is 4.47 Å². The van der Waals surface area contributed by atoms with Crippen molar-refractivity contribution in [3.63, 3.8) is 0 Å². The summed E-state index contributed by atoms with van der Waals surface area (Å²) in [4.78, 5) is 26.3. The van der Waals surface area contributed by atoms with E-state index in [0.717, 1.165) is 12.8 Å². The number of nitrogens with zero attached hydrogens (tertiary/aromatic N) is 2. The molecule has 1 aliphatic carbocycles. The minimum absolute atomic E-state index is 0.0179. The highest BCUT2D eigenvalue weighted by atomic mass is 79.9. The monoisotopic (exact) mass is 313 g/mol. The van der Waals surface area contributed by atoms with Crippen LogP contribution in [0.25, 0.3) is 0 Å². The summed E-state index contributed by atoms with van der Waals surface area (Å²) in [6, 6.07) is 0. The number of nitrogens with one attached hydrogen (secondary N) is 1. The Balaban J connectivity index is 2.44. The normalized spacial score (nSPS) is 14.4. The zero-order chi connectivity index (χ0) is 13.4. The smallest absolute Gasteiger partial charge is 0.305 e. The molecule has 6 nitrogen and oxygen atoms in total. The molecule has 0 radical (unpaired) electrons. The SMILES string of the molecule is Cc1nc(NC(=O)C2CC2)c([N+](=O)[O-])c(C)c1Br. The summed E-state index contributed by atoms with van der Waals surface area (Å²) in [5.41, 5.74) is 0.935. The summed E-state index contributed by atoms with van der Waals surface area (Å²) in [6.45, 7) is 3.36. The van der Waals surface area contributed by atoms with Crippen molar-refractivity contribution in [3.8, 4) is 0 Å². The number of aromatic nitrogens is 1. The van der Waals surface area contributed by atoms with E-state index >= 15 is 0 Å². The van der Waals surface area contributed by atoms with Gasteiger partial charge in [0.15, 0.2) is 0 Å². The number of rotatable bonds is 3. The lowest BCUT2D eigenvalue weighted by Crippen LogP contribution is -2.16. The zero-order valence-electron chi connectivity index (χ0n) is 9.99. The molecule has 0 aromatic carbocycles. The highest BCUT2D eigenvalue weighted by Gasteiger charge is 2.32. The fraction of sp³-hybridized carbons (Fsp3) is 0.455. The van der Waals surface area contributed by atoms with Gasteiger partial charge in [-0.15, -0.1) is 0 Å². The summed E-state index contributed by atoms with van der Waals surface area (Å²) < 4.78 is 0.596. The molecule has 1 aliphatic rings. The fourth-order valence-corrected chi connectivity index (χ4v) is 1.97. The molecule has 0 spiro atoms. The molecule has 1 heterocycles. The maximum atomic E-state index is 11.7. The van der Waals surface area contributed by atoms with Gasteiger partial charge in [0.25, 0.3) is 0 Å². The standard InChI is InChI=1S/C11H12BrN3O3/c1-5-8(12)6(2)13-10(9(5)15(17)18)14-11(16)7-3-4-7/h7H,3-4H2,1-2H3,(H,13,14,16). The van der Waals surface area contributed by atoms with E-state index in [9.17, 15) is 14.9 Å². The summed E-state index contributed by atoms with van der Waals surface area (Å²) in [6.07, 6.45) is 1.68. The lowest BCUT2D eigenvalue weighted by molar-refractivity contribution is -0.384. The summed E-state index contributed by atoms with van der Waals surface area (Å²) in [5, 5.41) is 13.6. The van der Waals surface area contributed by atoms with Crippen molar-refractivity contribution in [2.24, 2.45) is 5.92 Å². The van der Waals surface area contributed by atoms with Crippen molar-refractivity contribution >= 4 is 33.3 Å². The molecule has 1 aromatic heterocycles. The van der Waals surface area contributed by atoms with E-state index in [0.29, 0.717) is 15.7 Å². The van der Waals surface area contributed by atoms with E-state index in [2.05, 4.69) is 26.2 Å². The van der Waals surface area contributed by atoms with Crippen LogP contribution in [0.3, 0.4) is 0 Å². The third-order valence-corrected chi connectivity index (χ3v) is 4.05. The van der Waals surface area contributed by atoms with Crippen LogP contribution in [0.4, 0.5) is 11.5 Å². The molecule has 0 saturated heterocycles. The van der Waals surface area contributed by atoms with Crippen molar-refractivity contribution in [1.82, 2.24) is 4.98 Å². The molecule has 0 unspecified atom stereocenters. The van der Waals surface area contributed by atoms with Gasteiger partial charge in [0.2, 0.25) is 11.7 Å². The molecule has 0 atom stereocenters. The highest BCUT2D eigenvalue weighted by Crippen LogP contribution is 2.35. The van der Waals surface area contributed by atoms with E-state index in [1.54, 1.807) is 13.8 Å². The van der Waals surface area contributed by atoms with Gasteiger partial charge in [-0.25, -0.2) is 4.98 Å². The molecule has 1 N–H and O–H groups in total. The second kappa shape index (κ2) is 4.64. The predicted octanol–water partition coefficient (Wildman–Crippen LogP) is 2.72. The van der Waals surface area contributed by atoms with Crippen LogP contribution in [-0.2, 0) is 4.79 Å². The van der Waals surface area contributed by atoms with Gasteiger partial charge in [-0.1, -0.05) is 0 Å². The van der Waals surface area contributed by atoms with E-state index in [4.69, 9.17) is 0 Å². The first-order chi connectivity index (χ1) is 8.41. The van der Waals surface area contributed by atoms with Crippen LogP contribution in [0.5, 0.6) is 0 Å². The number of halogens is 1. The summed E-state index contributed by atoms with van der Waals surface area (Å²) in [7, 11) is 0. The number of pyridine rings is 1. The molecule has 1 aromatic rings. The van der Waals surface area contributed by atoms with E-state index < -0.39 is 4.92 Å². The third kappa shape index (κ3) is 2.35. The van der Waals surface area contributed by atoms with E-state index in [-0.39, 0.29) is 23.3 Å². The Bertz CT molecular complexity index is 541. The molecular weight excluding hydrogens is 302 g/mol. The van der Waals surface area contributed by atoms with Crippen LogP contribution in [-0.4, -0.2) is 15.8 Å². The van der Waals surface area contributed by atoms with Crippen molar-refractivity contribution < 1.29 is 9.72 Å². The van der Waals surface area contributed by atoms with Gasteiger partial charge in [0, 0.05) is 16.0 Å². The summed E-state index contributed by atoms with van der Waals surface area (Å²) in [5.74, 6) is -0.169. The van der Waals surface area contributed by atoms with Crippen LogP contribution >= 0.6 is 15.9 Å². The average molecular weight is 314 g/mol. The Morgan fingerprint density at radius 3 is 2.61 bits per heavy atom. The van der Waals surface area contributed by atoms with Gasteiger partial charge in [0.05, 0.1) is 10.6 Å². The van der Waals surface area contributed by atoms with Crippen LogP contribution < -0.4 is 5.32 Å². The first-order valence-electron chi connectivity index (χ1n) is 5.53. The second-order valence-corrected chi connectivity index (χ2v) is 5.15. The van der Waals surface area contributed by atoms with Crippen LogP contribution in [0.1, 0.15) is 24.1 Å². The number of nitro groups is 1. The molecule has 1 fully saturated rings. The molecule has 7 heteroatoms. The fourth-order valence-electron chi connectivity index (χ4n) is 1.70. The quantitative estimate of drug-likeness (QED) is 0.686. The van der Waals surface area contributed by atoms with E-state index in [1.165, 1.54) is 0 Å². The predicted molar refractivity (Wildman–Crippen MR) is 69.4 cm³/mol. The molecule has 1 amide bonds. The Morgan fingerprint density at radius 2 is 2.11 bits per heavy atom. The van der Waals surface area contributed by atoms with Gasteiger partial charge in [0.1, 0.15) is 0 Å². The van der Waals surface area contributed by atoms with Gasteiger partial charge < -0.3 is 5.32 Å². The molecule has 2 rings (SSSR count). The van der Waals surface area contributed by atoms with Crippen LogP contribution in [0.2, 0.25) is 0 Å². The third-order valence-electron chi connectivity index (χ3n) is 2.88. The maximum Gasteiger partial charge on any atom is 0.315 e. The molecular formula is C11H12BrN3O3. The molecule has 1 saturated carbocycles. The zero-order valence-corrected chi connectivity index (χ0v) is 11.6. The largest absolute Gasteiger partial charge is 0.315 e. The number of carbonyl (C=O) groups is 1. The summed E-state index contributed by atoms with van der Waals surface area (Å²) >= 11 is 3.26. The number of amides is 1. The molecule has 0 bridgehead atoms. The number of anilines is 1. The Kier molecular flexibility index (Phi) is 3.34. The van der Waals surface area contributed by atoms with Crippen molar-refractivity contribution in [1.29, 1.82) is 0 Å². The van der Waals surface area contributed by atoms with E-state index in [1.807, 2.05) is 0 Å². The Labute approximate surface area is 112 Å². The number of hydrogen-bond acceptors (Lipinski definition) is 4. The Morgan fingerprint density at radius 1 is 1.50 bits per heavy atom. The molecule has 0 aliphatic heterocycles. The Hall–Kier alpha value is -1.50. The first kappa shape index (κ1) is 12.9. The second-order valence-electron chi connectivity index (χ2n) is 4.35. The minimum Gasteiger partial charge on any atom is -0.305 e. The van der Waals surface area contributed by atoms with Crippen molar-refractivity contribution in [2.45, 2.75) is 26.7 Å². The topological polar surface area (TPSA) is 85.1 Å². The molecule has 96 valence electrons. The van der Waals surface area contributed by atoms with Gasteiger partial charge in [-0.3, -0.25) is 14.9 Å². The lowest BCUT2D eigenvalue weighted by atomic mass is 10.2. The number of carbonyl (C=O) groups excluding carboxylic acids is 1. The van der Waals surface area contributed by atoms with Crippen molar-refractivity contribution in [2.75, 3.05) is 5.32 Å². The van der Waals surface area contributed by atoms with Gasteiger partial charge >= 0.3 is 5.69 Å². The van der Waals surface area contributed by atoms with Gasteiger partial charge in [-0.05, 0) is 42.6 Å². The van der Waals surface area contributed by atoms with Gasteiger partial charge in [-0.2, -0.15) is 0 Å². The highest BCUT2D eigenvalue weighted by molar-refractivity contribution is 9.10. The first-order valence-corrected chi connectivity index (χ1v) is 6.33. The maximum absolute atomic E-state index is 11.7. The van der Waals surface area contributed by atoms with Crippen molar-refractivity contribution in [3.05, 3.63) is 25.8 Å².